The predicted molar refractivity (Wildman–Crippen MR) is 44.4 cm³/mol. The topological polar surface area (TPSA) is 72.7 Å². The Labute approximate surface area is 78.3 Å². The first-order valence-electron chi connectivity index (χ1n) is 3.89. The quantitative estimate of drug-likeness (QED) is 0.363. The fraction of sp³-hybridized carbons (Fsp3) is 0.833. The van der Waals surface area contributed by atoms with E-state index in [9.17, 15) is 14.9 Å². The van der Waals surface area contributed by atoms with Crippen molar-refractivity contribution in [3.05, 3.63) is 10.1 Å². The summed E-state index contributed by atoms with van der Waals surface area (Å²) >= 11 is 1.58. The third-order valence-corrected chi connectivity index (χ3v) is 3.54. The van der Waals surface area contributed by atoms with Crippen molar-refractivity contribution in [3.63, 3.8) is 0 Å². The highest BCUT2D eigenvalue weighted by Gasteiger charge is 2.44. The Morgan fingerprint density at radius 2 is 2.54 bits per heavy atom. The van der Waals surface area contributed by atoms with Gasteiger partial charge in [0.15, 0.2) is 0 Å². The lowest BCUT2D eigenvalue weighted by Crippen LogP contribution is -2.47. The summed E-state index contributed by atoms with van der Waals surface area (Å²) in [6.07, 6.45) is 0.569. The van der Waals surface area contributed by atoms with E-state index in [4.69, 9.17) is 0 Å². The fourth-order valence-corrected chi connectivity index (χ4v) is 2.91. The Kier molecular flexibility index (Phi) is 2.03. The van der Waals surface area contributed by atoms with Crippen LogP contribution >= 0.6 is 11.8 Å². The molecule has 2 fully saturated rings. The third kappa shape index (κ3) is 1.55. The molecule has 1 amide bonds. The maximum atomic E-state index is 10.9. The molecular weight excluding hydrogens is 196 g/mol. The van der Waals surface area contributed by atoms with E-state index in [1.807, 2.05) is 0 Å². The Morgan fingerprint density at radius 3 is 3.08 bits per heavy atom. The molecule has 0 radical (unpaired) electrons. The van der Waals surface area contributed by atoms with Crippen molar-refractivity contribution >= 4 is 17.7 Å². The highest BCUT2D eigenvalue weighted by Crippen LogP contribution is 2.39. The molecule has 0 spiro atoms. The van der Waals surface area contributed by atoms with Crippen LogP contribution in [0.15, 0.2) is 0 Å². The lowest BCUT2D eigenvalue weighted by Gasteiger charge is -2.32. The van der Waals surface area contributed by atoms with Gasteiger partial charge in [0, 0.05) is 11.8 Å². The zero-order valence-corrected chi connectivity index (χ0v) is 7.53. The SMILES string of the molecule is O=C1CC2SC(CO[N+](=O)[O-])CN12. The number of hydrogen-bond donors (Lipinski definition) is 0. The standard InChI is InChI=1S/C6H8N2O4S/c9-5-1-6-7(5)2-4(13-6)3-12-8(10)11/h4,6H,1-3H2. The number of β-lactam (4-membered cyclic amide) rings is 1. The van der Waals surface area contributed by atoms with E-state index in [2.05, 4.69) is 4.84 Å². The van der Waals surface area contributed by atoms with Crippen molar-refractivity contribution in [1.29, 1.82) is 0 Å². The third-order valence-electron chi connectivity index (χ3n) is 2.13. The summed E-state index contributed by atoms with van der Waals surface area (Å²) in [5.41, 5.74) is 0. The van der Waals surface area contributed by atoms with E-state index >= 15 is 0 Å². The first-order chi connectivity index (χ1) is 6.16. The van der Waals surface area contributed by atoms with Gasteiger partial charge in [-0.05, 0) is 0 Å². The maximum absolute atomic E-state index is 10.9. The second kappa shape index (κ2) is 3.06. The Hall–Kier alpha value is -0.980. The monoisotopic (exact) mass is 204 g/mol. The minimum absolute atomic E-state index is 0.0573. The van der Waals surface area contributed by atoms with E-state index in [0.717, 1.165) is 0 Å². The fourth-order valence-electron chi connectivity index (χ4n) is 1.49. The van der Waals surface area contributed by atoms with E-state index < -0.39 is 5.09 Å². The molecule has 2 unspecified atom stereocenters. The molecule has 2 saturated heterocycles. The minimum atomic E-state index is -0.794. The van der Waals surface area contributed by atoms with Gasteiger partial charge in [-0.3, -0.25) is 4.79 Å². The first-order valence-corrected chi connectivity index (χ1v) is 4.83. The van der Waals surface area contributed by atoms with Gasteiger partial charge in [-0.15, -0.1) is 21.9 Å². The Bertz CT molecular complexity index is 259. The summed E-state index contributed by atoms with van der Waals surface area (Å²) in [5.74, 6) is 0.140. The van der Waals surface area contributed by atoms with E-state index in [0.29, 0.717) is 13.0 Å². The summed E-state index contributed by atoms with van der Waals surface area (Å²) in [6.45, 7) is 0.667. The highest BCUT2D eigenvalue weighted by atomic mass is 32.2. The van der Waals surface area contributed by atoms with Crippen molar-refractivity contribution in [2.45, 2.75) is 17.0 Å². The van der Waals surface area contributed by atoms with Gasteiger partial charge in [0.05, 0.1) is 11.8 Å². The van der Waals surface area contributed by atoms with Crippen LogP contribution in [-0.2, 0) is 9.63 Å². The molecule has 13 heavy (non-hydrogen) atoms. The number of rotatable bonds is 3. The lowest BCUT2D eigenvalue weighted by atomic mass is 10.2. The molecule has 0 N–H and O–H groups in total. The summed E-state index contributed by atoms with van der Waals surface area (Å²) < 4.78 is 0. The number of thioether (sulfide) groups is 1. The molecule has 2 heterocycles. The van der Waals surface area contributed by atoms with Crippen molar-refractivity contribution in [3.8, 4) is 0 Å². The molecular formula is C6H8N2O4S. The molecule has 2 rings (SSSR count). The van der Waals surface area contributed by atoms with Gasteiger partial charge in [0.2, 0.25) is 5.91 Å². The van der Waals surface area contributed by atoms with Crippen LogP contribution in [-0.4, -0.2) is 39.7 Å². The molecule has 0 aromatic carbocycles. The summed E-state index contributed by atoms with van der Waals surface area (Å²) in [7, 11) is 0. The smallest absolute Gasteiger partial charge is 0.294 e. The zero-order chi connectivity index (χ0) is 9.42. The Morgan fingerprint density at radius 1 is 1.77 bits per heavy atom. The molecule has 0 saturated carbocycles. The van der Waals surface area contributed by atoms with E-state index in [1.54, 1.807) is 16.7 Å². The number of carbonyl (C=O) groups excluding carboxylic acids is 1. The average molecular weight is 204 g/mol. The van der Waals surface area contributed by atoms with Gasteiger partial charge in [-0.25, -0.2) is 0 Å². The largest absolute Gasteiger partial charge is 0.329 e. The molecule has 7 heteroatoms. The lowest BCUT2D eigenvalue weighted by molar-refractivity contribution is -0.757. The van der Waals surface area contributed by atoms with Gasteiger partial charge in [0.25, 0.3) is 5.09 Å². The number of fused-ring (bicyclic) bond motifs is 1. The second-order valence-electron chi connectivity index (χ2n) is 2.98. The molecule has 0 aromatic heterocycles. The van der Waals surface area contributed by atoms with Gasteiger partial charge in [-0.1, -0.05) is 0 Å². The van der Waals surface area contributed by atoms with Crippen LogP contribution in [0.1, 0.15) is 6.42 Å². The van der Waals surface area contributed by atoms with Gasteiger partial charge in [-0.2, -0.15) is 0 Å². The molecule has 2 aliphatic heterocycles. The molecule has 2 atom stereocenters. The van der Waals surface area contributed by atoms with Crippen molar-refractivity contribution < 1.29 is 14.7 Å². The maximum Gasteiger partial charge on any atom is 0.294 e. The summed E-state index contributed by atoms with van der Waals surface area (Å²) in [6, 6.07) is 0. The van der Waals surface area contributed by atoms with Crippen LogP contribution in [0.4, 0.5) is 0 Å². The molecule has 2 aliphatic rings. The normalized spacial score (nSPS) is 31.1. The molecule has 72 valence electrons. The second-order valence-corrected chi connectivity index (χ2v) is 4.47. The average Bonchev–Trinajstić information content (AvgIpc) is 2.39. The van der Waals surface area contributed by atoms with Crippen LogP contribution in [0.25, 0.3) is 0 Å². The molecule has 0 bridgehead atoms. The molecule has 0 aliphatic carbocycles. The molecule has 6 nitrogen and oxygen atoms in total. The van der Waals surface area contributed by atoms with Crippen LogP contribution in [0, 0.1) is 10.1 Å². The van der Waals surface area contributed by atoms with E-state index in [1.165, 1.54) is 0 Å². The van der Waals surface area contributed by atoms with Gasteiger partial charge < -0.3 is 9.74 Å². The van der Waals surface area contributed by atoms with Crippen LogP contribution in [0.5, 0.6) is 0 Å². The first kappa shape index (κ1) is 8.61. The van der Waals surface area contributed by atoms with E-state index in [-0.39, 0.29) is 23.1 Å². The zero-order valence-electron chi connectivity index (χ0n) is 6.71. The van der Waals surface area contributed by atoms with Crippen molar-refractivity contribution in [2.24, 2.45) is 0 Å². The molecule has 0 aromatic rings. The number of carbonyl (C=O) groups is 1. The predicted octanol–water partition coefficient (Wildman–Crippen LogP) is -0.131. The van der Waals surface area contributed by atoms with Gasteiger partial charge in [0.1, 0.15) is 6.61 Å². The van der Waals surface area contributed by atoms with Crippen molar-refractivity contribution in [2.75, 3.05) is 13.2 Å². The summed E-state index contributed by atoms with van der Waals surface area (Å²) in [4.78, 5) is 26.8. The minimum Gasteiger partial charge on any atom is -0.329 e. The van der Waals surface area contributed by atoms with Crippen molar-refractivity contribution in [1.82, 2.24) is 4.90 Å². The van der Waals surface area contributed by atoms with Gasteiger partial charge >= 0.3 is 0 Å². The van der Waals surface area contributed by atoms with Crippen LogP contribution < -0.4 is 0 Å². The number of hydrogen-bond acceptors (Lipinski definition) is 5. The number of amides is 1. The van der Waals surface area contributed by atoms with Crippen LogP contribution in [0.2, 0.25) is 0 Å². The summed E-state index contributed by atoms with van der Waals surface area (Å²) in [5, 5.41) is 9.40. The van der Waals surface area contributed by atoms with Crippen LogP contribution in [0.3, 0.4) is 0 Å². The Balaban J connectivity index is 1.78. The highest BCUT2D eigenvalue weighted by molar-refractivity contribution is 8.00. The number of nitrogens with zero attached hydrogens (tertiary/aromatic N) is 2.